The van der Waals surface area contributed by atoms with Gasteiger partial charge in [-0.2, -0.15) is 0 Å². The summed E-state index contributed by atoms with van der Waals surface area (Å²) in [7, 11) is 0. The van der Waals surface area contributed by atoms with Crippen LogP contribution in [0.4, 0.5) is 13.2 Å². The van der Waals surface area contributed by atoms with E-state index < -0.39 is 6.36 Å². The topological polar surface area (TPSA) is 103 Å². The van der Waals surface area contributed by atoms with Crippen LogP contribution in [0.1, 0.15) is 24.5 Å². The van der Waals surface area contributed by atoms with Crippen molar-refractivity contribution < 1.29 is 32.3 Å². The molecule has 0 spiro atoms. The summed E-state index contributed by atoms with van der Waals surface area (Å²) in [4.78, 5) is 12.3. The molecule has 8 nitrogen and oxygen atoms in total. The van der Waals surface area contributed by atoms with E-state index in [2.05, 4.69) is 24.8 Å². The van der Waals surface area contributed by atoms with E-state index in [0.717, 1.165) is 6.20 Å². The van der Waals surface area contributed by atoms with E-state index in [4.69, 9.17) is 9.26 Å². The largest absolute Gasteiger partial charge is 0.573 e. The number of rotatable bonds is 5. The van der Waals surface area contributed by atoms with Crippen molar-refractivity contribution in [1.29, 1.82) is 0 Å². The Morgan fingerprint density at radius 3 is 2.46 bits per heavy atom. The number of halogens is 3. The van der Waals surface area contributed by atoms with E-state index >= 15 is 0 Å². The second-order valence-corrected chi connectivity index (χ2v) is 6.16. The van der Waals surface area contributed by atoms with Crippen LogP contribution in [0, 0.1) is 0 Å². The minimum atomic E-state index is -4.73. The summed E-state index contributed by atoms with van der Waals surface area (Å²) in [6.45, 7) is 0. The van der Waals surface area contributed by atoms with Gasteiger partial charge in [-0.3, -0.25) is 4.98 Å². The molecule has 0 bridgehead atoms. The predicted octanol–water partition coefficient (Wildman–Crippen LogP) is 3.46. The first-order valence-corrected chi connectivity index (χ1v) is 8.22. The summed E-state index contributed by atoms with van der Waals surface area (Å²) in [6.07, 6.45) is 0.423. The van der Waals surface area contributed by atoms with Crippen LogP contribution in [0.2, 0.25) is 0 Å². The minimum absolute atomic E-state index is 0.0904. The molecule has 1 aliphatic rings. The zero-order chi connectivity index (χ0) is 19.7. The van der Waals surface area contributed by atoms with E-state index in [1.165, 1.54) is 30.6 Å². The number of aromatic nitrogens is 4. The maximum absolute atomic E-state index is 12.2. The van der Waals surface area contributed by atoms with Crippen molar-refractivity contribution in [3.8, 4) is 29.0 Å². The van der Waals surface area contributed by atoms with Crippen molar-refractivity contribution in [3.05, 3.63) is 42.5 Å². The van der Waals surface area contributed by atoms with Crippen molar-refractivity contribution in [1.82, 2.24) is 20.1 Å². The standard InChI is InChI=1S/C17H13F3N4O4/c18-17(19,20)27-10-1-2-12(21-6-10)9-3-11(4-9)26-16-8-22-13(7-23-16)14-5-15(25)24-28-14/h1-2,5-9,11H,3-4H2,(H,24,25). The van der Waals surface area contributed by atoms with Crippen LogP contribution in [0.15, 0.2) is 41.3 Å². The average molecular weight is 394 g/mol. The Morgan fingerprint density at radius 2 is 1.89 bits per heavy atom. The number of aromatic hydroxyl groups is 1. The molecular formula is C17H13F3N4O4. The monoisotopic (exact) mass is 394 g/mol. The number of pyridine rings is 1. The highest BCUT2D eigenvalue weighted by Crippen LogP contribution is 2.38. The van der Waals surface area contributed by atoms with Crippen molar-refractivity contribution in [2.24, 2.45) is 0 Å². The van der Waals surface area contributed by atoms with Gasteiger partial charge in [0.2, 0.25) is 5.88 Å². The fraction of sp³-hybridized carbons (Fsp3) is 0.294. The van der Waals surface area contributed by atoms with Crippen LogP contribution < -0.4 is 9.47 Å². The highest BCUT2D eigenvalue weighted by Gasteiger charge is 2.34. The van der Waals surface area contributed by atoms with Crippen molar-refractivity contribution in [3.63, 3.8) is 0 Å². The molecule has 3 aromatic rings. The molecule has 0 aromatic carbocycles. The lowest BCUT2D eigenvalue weighted by atomic mass is 9.80. The number of nitrogens with zero attached hydrogens (tertiary/aromatic N) is 4. The van der Waals surface area contributed by atoms with Gasteiger partial charge in [0.1, 0.15) is 17.5 Å². The Kier molecular flexibility index (Phi) is 4.49. The lowest BCUT2D eigenvalue weighted by molar-refractivity contribution is -0.274. The number of ether oxygens (including phenoxy) is 2. The zero-order valence-electron chi connectivity index (χ0n) is 14.1. The smallest absolute Gasteiger partial charge is 0.491 e. The molecule has 3 aromatic heterocycles. The van der Waals surface area contributed by atoms with Crippen molar-refractivity contribution >= 4 is 0 Å². The molecule has 3 heterocycles. The summed E-state index contributed by atoms with van der Waals surface area (Å²) in [5, 5.41) is 12.5. The number of hydrogen-bond acceptors (Lipinski definition) is 8. The van der Waals surface area contributed by atoms with Crippen molar-refractivity contribution in [2.45, 2.75) is 31.2 Å². The first kappa shape index (κ1) is 18.0. The van der Waals surface area contributed by atoms with Gasteiger partial charge in [0.15, 0.2) is 5.76 Å². The lowest BCUT2D eigenvalue weighted by Gasteiger charge is -2.34. The first-order chi connectivity index (χ1) is 13.4. The van der Waals surface area contributed by atoms with Gasteiger partial charge in [-0.1, -0.05) is 0 Å². The lowest BCUT2D eigenvalue weighted by Crippen LogP contribution is -2.33. The summed E-state index contributed by atoms with van der Waals surface area (Å²) in [5.41, 5.74) is 1.08. The Bertz CT molecular complexity index is 938. The number of alkyl halides is 3. The molecule has 1 N–H and O–H groups in total. The molecule has 4 rings (SSSR count). The van der Waals surface area contributed by atoms with E-state index in [1.54, 1.807) is 0 Å². The van der Waals surface area contributed by atoms with Crippen LogP contribution in [-0.4, -0.2) is 37.7 Å². The third kappa shape index (κ3) is 4.13. The maximum atomic E-state index is 12.2. The Balaban J connectivity index is 1.29. The summed E-state index contributed by atoms with van der Waals surface area (Å²) >= 11 is 0. The second-order valence-electron chi connectivity index (χ2n) is 6.16. The quantitative estimate of drug-likeness (QED) is 0.702. The summed E-state index contributed by atoms with van der Waals surface area (Å²) in [6, 6.07) is 4.08. The molecule has 28 heavy (non-hydrogen) atoms. The average Bonchev–Trinajstić information content (AvgIpc) is 3.04. The molecule has 11 heteroatoms. The summed E-state index contributed by atoms with van der Waals surface area (Å²) in [5.74, 6) is 0.111. The normalized spacial score (nSPS) is 19.1. The Hall–Kier alpha value is -3.37. The highest BCUT2D eigenvalue weighted by atomic mass is 19.4. The van der Waals surface area contributed by atoms with Gasteiger partial charge in [0.05, 0.1) is 24.7 Å². The third-order valence-corrected chi connectivity index (χ3v) is 4.17. The van der Waals surface area contributed by atoms with Gasteiger partial charge in [0.25, 0.3) is 5.88 Å². The number of hydrogen-bond donors (Lipinski definition) is 1. The fourth-order valence-corrected chi connectivity index (χ4v) is 2.79. The van der Waals surface area contributed by atoms with Crippen LogP contribution in [0.3, 0.4) is 0 Å². The molecule has 0 amide bonds. The third-order valence-electron chi connectivity index (χ3n) is 4.17. The van der Waals surface area contributed by atoms with E-state index in [9.17, 15) is 18.3 Å². The van der Waals surface area contributed by atoms with Gasteiger partial charge in [-0.05, 0) is 30.1 Å². The van der Waals surface area contributed by atoms with Crippen LogP contribution in [0.25, 0.3) is 11.5 Å². The minimum Gasteiger partial charge on any atom is -0.491 e. The molecular weight excluding hydrogens is 381 g/mol. The molecule has 0 saturated heterocycles. The first-order valence-electron chi connectivity index (χ1n) is 8.22. The molecule has 1 saturated carbocycles. The Labute approximate surface area is 156 Å². The molecule has 0 atom stereocenters. The van der Waals surface area contributed by atoms with Gasteiger partial charge in [0, 0.05) is 11.6 Å². The van der Waals surface area contributed by atoms with Crippen molar-refractivity contribution in [2.75, 3.05) is 0 Å². The molecule has 0 unspecified atom stereocenters. The van der Waals surface area contributed by atoms with Gasteiger partial charge in [-0.15, -0.1) is 13.2 Å². The maximum Gasteiger partial charge on any atom is 0.573 e. The SMILES string of the molecule is Oc1cc(-c2cnc(OC3CC(c4ccc(OC(F)(F)F)cn4)C3)cn2)on1. The second kappa shape index (κ2) is 6.98. The molecule has 1 fully saturated rings. The van der Waals surface area contributed by atoms with Gasteiger partial charge < -0.3 is 19.1 Å². The Morgan fingerprint density at radius 1 is 1.07 bits per heavy atom. The predicted molar refractivity (Wildman–Crippen MR) is 86.5 cm³/mol. The van der Waals surface area contributed by atoms with E-state index in [-0.39, 0.29) is 29.4 Å². The highest BCUT2D eigenvalue weighted by molar-refractivity contribution is 5.51. The zero-order valence-corrected chi connectivity index (χ0v) is 14.1. The van der Waals surface area contributed by atoms with Crippen LogP contribution in [-0.2, 0) is 0 Å². The molecule has 0 radical (unpaired) electrons. The van der Waals surface area contributed by atoms with E-state index in [1.807, 2.05) is 0 Å². The van der Waals surface area contributed by atoms with Gasteiger partial charge >= 0.3 is 6.36 Å². The summed E-state index contributed by atoms with van der Waals surface area (Å²) < 4.78 is 50.9. The molecule has 0 aliphatic heterocycles. The van der Waals surface area contributed by atoms with Gasteiger partial charge in [-0.25, -0.2) is 9.97 Å². The fourth-order valence-electron chi connectivity index (χ4n) is 2.79. The molecule has 146 valence electrons. The van der Waals surface area contributed by atoms with Crippen LogP contribution >= 0.6 is 0 Å². The van der Waals surface area contributed by atoms with E-state index in [0.29, 0.717) is 30.1 Å². The molecule has 1 aliphatic carbocycles. The van der Waals surface area contributed by atoms with Crippen LogP contribution in [0.5, 0.6) is 17.5 Å².